The van der Waals surface area contributed by atoms with E-state index in [-0.39, 0.29) is 0 Å². The quantitative estimate of drug-likeness (QED) is 0.608. The first-order valence-corrected chi connectivity index (χ1v) is 11.6. The van der Waals surface area contributed by atoms with Crippen LogP contribution < -0.4 is 10.6 Å². The standard InChI is InChI=1S/C22H31BrN6/c23-20-16-25-22(27-21(20)24-10-15-28-11-2-1-3-12-28)26-19-8-6-18(7-9-19)17-29-13-4-5-14-29/h6-9,16H,1-5,10-15,17H2,(H2,24,25,26,27). The van der Waals surface area contributed by atoms with Crippen molar-refractivity contribution in [3.05, 3.63) is 40.5 Å². The number of piperidine rings is 1. The molecule has 2 N–H and O–H groups in total. The first kappa shape index (κ1) is 20.6. The summed E-state index contributed by atoms with van der Waals surface area (Å²) in [6.07, 6.45) is 8.48. The molecule has 2 aromatic rings. The summed E-state index contributed by atoms with van der Waals surface area (Å²) in [4.78, 5) is 14.1. The van der Waals surface area contributed by atoms with Gasteiger partial charge in [0, 0.05) is 31.5 Å². The van der Waals surface area contributed by atoms with Crippen molar-refractivity contribution in [1.29, 1.82) is 0 Å². The van der Waals surface area contributed by atoms with Gasteiger partial charge in [0.1, 0.15) is 5.82 Å². The normalized spacial score (nSPS) is 18.1. The van der Waals surface area contributed by atoms with Gasteiger partial charge in [0.15, 0.2) is 0 Å². The van der Waals surface area contributed by atoms with E-state index in [4.69, 9.17) is 0 Å². The van der Waals surface area contributed by atoms with Crippen molar-refractivity contribution in [3.8, 4) is 0 Å². The number of benzene rings is 1. The van der Waals surface area contributed by atoms with Crippen LogP contribution >= 0.6 is 15.9 Å². The fraction of sp³-hybridized carbons (Fsp3) is 0.545. The van der Waals surface area contributed by atoms with E-state index in [1.165, 1.54) is 63.8 Å². The van der Waals surface area contributed by atoms with Crippen molar-refractivity contribution in [2.75, 3.05) is 49.9 Å². The number of aromatic nitrogens is 2. The first-order chi connectivity index (χ1) is 14.3. The molecule has 1 aromatic carbocycles. The molecular formula is C22H31BrN6. The van der Waals surface area contributed by atoms with E-state index < -0.39 is 0 Å². The van der Waals surface area contributed by atoms with Crippen molar-refractivity contribution in [3.63, 3.8) is 0 Å². The average Bonchev–Trinajstić information content (AvgIpc) is 3.26. The lowest BCUT2D eigenvalue weighted by Gasteiger charge is -2.26. The van der Waals surface area contributed by atoms with Gasteiger partial charge in [-0.2, -0.15) is 4.98 Å². The van der Waals surface area contributed by atoms with Crippen LogP contribution in [0.25, 0.3) is 0 Å². The lowest BCUT2D eigenvalue weighted by molar-refractivity contribution is 0.237. The highest BCUT2D eigenvalue weighted by Gasteiger charge is 2.12. The van der Waals surface area contributed by atoms with Crippen LogP contribution in [-0.4, -0.2) is 59.0 Å². The van der Waals surface area contributed by atoms with Gasteiger partial charge in [-0.1, -0.05) is 18.6 Å². The number of likely N-dealkylation sites (tertiary alicyclic amines) is 2. The van der Waals surface area contributed by atoms with Crippen molar-refractivity contribution in [2.24, 2.45) is 0 Å². The molecule has 2 saturated heterocycles. The molecule has 0 spiro atoms. The predicted octanol–water partition coefficient (Wildman–Crippen LogP) is 4.48. The summed E-state index contributed by atoms with van der Waals surface area (Å²) in [5, 5.41) is 6.78. The van der Waals surface area contributed by atoms with Crippen LogP contribution in [0, 0.1) is 0 Å². The fourth-order valence-corrected chi connectivity index (χ4v) is 4.42. The predicted molar refractivity (Wildman–Crippen MR) is 123 cm³/mol. The fourth-order valence-electron chi connectivity index (χ4n) is 4.09. The van der Waals surface area contributed by atoms with Gasteiger partial charge in [-0.15, -0.1) is 0 Å². The second kappa shape index (κ2) is 10.4. The number of anilines is 3. The highest BCUT2D eigenvalue weighted by molar-refractivity contribution is 9.10. The van der Waals surface area contributed by atoms with Gasteiger partial charge in [0.2, 0.25) is 5.95 Å². The van der Waals surface area contributed by atoms with Gasteiger partial charge in [0.25, 0.3) is 0 Å². The topological polar surface area (TPSA) is 56.3 Å². The molecule has 1 aromatic heterocycles. The zero-order valence-electron chi connectivity index (χ0n) is 17.0. The summed E-state index contributed by atoms with van der Waals surface area (Å²) in [5.41, 5.74) is 2.37. The molecule has 0 radical (unpaired) electrons. The molecule has 0 bridgehead atoms. The summed E-state index contributed by atoms with van der Waals surface area (Å²) in [6, 6.07) is 8.61. The minimum Gasteiger partial charge on any atom is -0.368 e. The lowest BCUT2D eigenvalue weighted by atomic mass is 10.1. The van der Waals surface area contributed by atoms with Crippen molar-refractivity contribution in [1.82, 2.24) is 19.8 Å². The maximum Gasteiger partial charge on any atom is 0.229 e. The molecular weight excluding hydrogens is 428 g/mol. The first-order valence-electron chi connectivity index (χ1n) is 10.8. The molecule has 7 heteroatoms. The molecule has 2 aliphatic rings. The Labute approximate surface area is 182 Å². The van der Waals surface area contributed by atoms with Gasteiger partial charge in [0.05, 0.1) is 4.47 Å². The monoisotopic (exact) mass is 458 g/mol. The Hall–Kier alpha value is -1.70. The molecule has 29 heavy (non-hydrogen) atoms. The smallest absolute Gasteiger partial charge is 0.229 e. The highest BCUT2D eigenvalue weighted by atomic mass is 79.9. The zero-order chi connectivity index (χ0) is 19.9. The van der Waals surface area contributed by atoms with Crippen LogP contribution in [0.3, 0.4) is 0 Å². The third kappa shape index (κ3) is 6.14. The summed E-state index contributed by atoms with van der Waals surface area (Å²) in [6.45, 7) is 7.86. The molecule has 0 amide bonds. The number of rotatable bonds is 8. The maximum absolute atomic E-state index is 4.65. The van der Waals surface area contributed by atoms with Gasteiger partial charge < -0.3 is 15.5 Å². The van der Waals surface area contributed by atoms with Crippen molar-refractivity contribution >= 4 is 33.4 Å². The van der Waals surface area contributed by atoms with Crippen LogP contribution in [0.5, 0.6) is 0 Å². The summed E-state index contributed by atoms with van der Waals surface area (Å²) in [7, 11) is 0. The summed E-state index contributed by atoms with van der Waals surface area (Å²) >= 11 is 3.56. The van der Waals surface area contributed by atoms with E-state index in [0.717, 1.165) is 35.6 Å². The van der Waals surface area contributed by atoms with Crippen LogP contribution in [0.4, 0.5) is 17.5 Å². The van der Waals surface area contributed by atoms with E-state index in [2.05, 4.69) is 70.6 Å². The number of hydrogen-bond donors (Lipinski definition) is 2. The number of nitrogens with one attached hydrogen (secondary N) is 2. The molecule has 4 rings (SSSR count). The molecule has 2 fully saturated rings. The third-order valence-corrected chi connectivity index (χ3v) is 6.31. The number of hydrogen-bond acceptors (Lipinski definition) is 6. The zero-order valence-corrected chi connectivity index (χ0v) is 18.6. The van der Waals surface area contributed by atoms with E-state index in [1.807, 2.05) is 0 Å². The van der Waals surface area contributed by atoms with Gasteiger partial charge in [-0.3, -0.25) is 4.90 Å². The molecule has 0 atom stereocenters. The highest BCUT2D eigenvalue weighted by Crippen LogP contribution is 2.22. The van der Waals surface area contributed by atoms with Crippen LogP contribution in [0.1, 0.15) is 37.7 Å². The van der Waals surface area contributed by atoms with Gasteiger partial charge in [-0.25, -0.2) is 4.98 Å². The Morgan fingerprint density at radius 3 is 2.34 bits per heavy atom. The number of nitrogens with zero attached hydrogens (tertiary/aromatic N) is 4. The molecule has 2 aliphatic heterocycles. The van der Waals surface area contributed by atoms with Crippen LogP contribution in [-0.2, 0) is 6.54 Å². The largest absolute Gasteiger partial charge is 0.368 e. The third-order valence-electron chi connectivity index (χ3n) is 5.73. The maximum atomic E-state index is 4.65. The van der Waals surface area contributed by atoms with E-state index in [9.17, 15) is 0 Å². The minimum absolute atomic E-state index is 0.612. The Bertz CT molecular complexity index is 769. The molecule has 0 unspecified atom stereocenters. The van der Waals surface area contributed by atoms with Crippen LogP contribution in [0.15, 0.2) is 34.9 Å². The minimum atomic E-state index is 0.612. The molecule has 6 nitrogen and oxygen atoms in total. The summed E-state index contributed by atoms with van der Waals surface area (Å²) in [5.74, 6) is 1.45. The van der Waals surface area contributed by atoms with E-state index in [1.54, 1.807) is 6.20 Å². The Morgan fingerprint density at radius 1 is 0.897 bits per heavy atom. The molecule has 0 saturated carbocycles. The average molecular weight is 459 g/mol. The van der Waals surface area contributed by atoms with Gasteiger partial charge in [-0.05, 0) is 85.5 Å². The van der Waals surface area contributed by atoms with Crippen LogP contribution in [0.2, 0.25) is 0 Å². The SMILES string of the molecule is Brc1cnc(Nc2ccc(CN3CCCC3)cc2)nc1NCCN1CCCCC1. The van der Waals surface area contributed by atoms with Crippen molar-refractivity contribution in [2.45, 2.75) is 38.6 Å². The Balaban J connectivity index is 1.30. The second-order valence-corrected chi connectivity index (χ2v) is 8.88. The van der Waals surface area contributed by atoms with E-state index >= 15 is 0 Å². The lowest BCUT2D eigenvalue weighted by Crippen LogP contribution is -2.33. The summed E-state index contributed by atoms with van der Waals surface area (Å²) < 4.78 is 0.891. The Morgan fingerprint density at radius 2 is 1.59 bits per heavy atom. The molecule has 3 heterocycles. The Kier molecular flexibility index (Phi) is 7.35. The van der Waals surface area contributed by atoms with Crippen molar-refractivity contribution < 1.29 is 0 Å². The van der Waals surface area contributed by atoms with Gasteiger partial charge >= 0.3 is 0 Å². The molecule has 156 valence electrons. The second-order valence-electron chi connectivity index (χ2n) is 8.02. The number of halogens is 1. The van der Waals surface area contributed by atoms with E-state index in [0.29, 0.717) is 5.95 Å². The molecule has 0 aliphatic carbocycles.